The summed E-state index contributed by atoms with van der Waals surface area (Å²) in [6.07, 6.45) is 5.24. The van der Waals surface area contributed by atoms with Crippen LogP contribution in [0.4, 0.5) is 14.4 Å². The number of barbiturate groups is 3. The van der Waals surface area contributed by atoms with Crippen molar-refractivity contribution in [2.24, 2.45) is 0 Å². The number of aromatic carboxylic acids is 1. The molecular weight excluding hydrogens is 1330 g/mol. The third kappa shape index (κ3) is 21.2. The summed E-state index contributed by atoms with van der Waals surface area (Å²) < 4.78 is 92.3. The number of nitrogens with one attached hydrogen (secondary N) is 8. The number of carboxylic acids is 1. The SMILES string of the molecule is O=C1CC(=O)/C(=C2\C/C(=C3\C(=O)CC(=O)NC3=O)c3cc(S(=O)(=O)[O-])ccc32)C(=O)N1.O=C1NC(=O)C(=Cc2c[c-]cc(S(=O)(=O)[O-])c2)C(=O)N1.O=C1NC(=O)C(=Cc2ccc(C(=O)O)cc2)C(=O)N1.O=C1NC(=O)C(=Cc2cccnc2)C(=O)N1.O=S(=O)=O.[Na+].[Na+].[Na+]. The van der Waals surface area contributed by atoms with Crippen LogP contribution in [-0.4, -0.2) is 143 Å². The van der Waals surface area contributed by atoms with Gasteiger partial charge in [-0.05, 0) is 75.9 Å². The number of carbonyl (C=O) groups excluding carboxylic acids is 15. The summed E-state index contributed by atoms with van der Waals surface area (Å²) >= 11 is 0. The van der Waals surface area contributed by atoms with E-state index >= 15 is 0 Å². The zero-order chi connectivity index (χ0) is 66.7. The third-order valence-electron chi connectivity index (χ3n) is 11.7. The van der Waals surface area contributed by atoms with Crippen molar-refractivity contribution in [3.8, 4) is 0 Å². The number of urea groups is 3. The summed E-state index contributed by atoms with van der Waals surface area (Å²) in [5.41, 5.74) is -0.0668. The second-order valence-corrected chi connectivity index (χ2v) is 20.9. The van der Waals surface area contributed by atoms with Crippen molar-refractivity contribution < 1.29 is 209 Å². The van der Waals surface area contributed by atoms with Crippen LogP contribution in [0.2, 0.25) is 0 Å². The van der Waals surface area contributed by atoms with Crippen LogP contribution in [0.25, 0.3) is 29.4 Å². The summed E-state index contributed by atoms with van der Waals surface area (Å²) in [6.45, 7) is 0. The summed E-state index contributed by atoms with van der Waals surface area (Å²) in [5, 5.41) is 24.3. The first-order valence-corrected chi connectivity index (χ1v) is 27.9. The number of pyridine rings is 1. The molecule has 1 aromatic heterocycles. The quantitative estimate of drug-likeness (QED) is 0.0165. The van der Waals surface area contributed by atoms with Gasteiger partial charge in [0.2, 0.25) is 11.8 Å². The van der Waals surface area contributed by atoms with E-state index in [9.17, 15) is 103 Å². The van der Waals surface area contributed by atoms with Gasteiger partial charge in [-0.2, -0.15) is 18.2 Å². The molecule has 93 heavy (non-hydrogen) atoms. The molecule has 5 fully saturated rings. The van der Waals surface area contributed by atoms with E-state index in [1.807, 2.05) is 42.5 Å². The van der Waals surface area contributed by atoms with Crippen molar-refractivity contribution >= 4 is 155 Å². The molecule has 3 aromatic carbocycles. The van der Waals surface area contributed by atoms with Crippen LogP contribution in [0.15, 0.2) is 123 Å². The Balaban J connectivity index is 0.000000323. The average molecular weight is 1360 g/mol. The summed E-state index contributed by atoms with van der Waals surface area (Å²) in [5.74, 6) is -11.1. The Morgan fingerprint density at radius 2 is 0.882 bits per heavy atom. The smallest absolute Gasteiger partial charge is 0.754 e. The number of fused-ring (bicyclic) bond motifs is 1. The minimum atomic E-state index is -4.90. The first-order chi connectivity index (χ1) is 42.1. The maximum Gasteiger partial charge on any atom is 1.00 e. The number of allylic oxidation sites excluding steroid dienone is 2. The number of hydrogen-bond donors (Lipinski definition) is 9. The van der Waals surface area contributed by atoms with Gasteiger partial charge in [-0.1, -0.05) is 35.2 Å². The molecule has 16 amide bonds. The molecule has 0 radical (unpaired) electrons. The number of imide groups is 8. The van der Waals surface area contributed by atoms with E-state index in [0.717, 1.165) is 30.3 Å². The van der Waals surface area contributed by atoms with Crippen LogP contribution in [0.3, 0.4) is 0 Å². The summed E-state index contributed by atoms with van der Waals surface area (Å²) in [4.78, 5) is 187. The zero-order valence-corrected chi connectivity index (χ0v) is 55.7. The maximum absolute atomic E-state index is 12.4. The Labute approximate surface area is 587 Å². The topological polar surface area (TPSA) is 568 Å². The second-order valence-electron chi connectivity index (χ2n) is 17.8. The number of ketones is 2. The van der Waals surface area contributed by atoms with Gasteiger partial charge < -0.3 is 14.2 Å². The Hall–Kier alpha value is -9.13. The number of nitrogens with zero attached hydrogens (tertiary/aromatic N) is 1. The van der Waals surface area contributed by atoms with Gasteiger partial charge in [0, 0.05) is 18.8 Å². The van der Waals surface area contributed by atoms with Gasteiger partial charge in [0.05, 0.1) is 50.1 Å². The first-order valence-electron chi connectivity index (χ1n) is 24.1. The molecule has 35 nitrogen and oxygen atoms in total. The zero-order valence-electron chi connectivity index (χ0n) is 47.3. The minimum absolute atomic E-state index is 0. The molecule has 462 valence electrons. The minimum Gasteiger partial charge on any atom is -0.754 e. The number of Topliss-reactive ketones (excluding diaryl/α,β-unsaturated/α-hetero) is 2. The number of benzene rings is 3. The molecule has 6 aliphatic rings. The van der Waals surface area contributed by atoms with E-state index in [1.165, 1.54) is 54.7 Å². The van der Waals surface area contributed by atoms with Crippen LogP contribution in [0, 0.1) is 6.07 Å². The van der Waals surface area contributed by atoms with Crippen molar-refractivity contribution in [3.63, 3.8) is 0 Å². The fraction of sp³-hybridized carbons (Fsp3) is 0.0577. The standard InChI is InChI=1S/C19H12N2O9S.C12H8N2O5.C11H7N2O6S.C10H7N3O3.3Na.O3S/c22-12-5-14(24)20-18(26)16(12)10-4-11(17-13(23)6-15(25)21-19(17)27)9-3-7(31(28,29)30)1-2-8(9)10;15-9-8(10(16)14-12(19)13-9)5-6-1-3-7(4-2-6)11(17)18;14-9-8(10(15)13-11(16)12-9)5-6-2-1-3-7(4-6)20(17,18)19;14-8-7(9(15)13-10(16)12-8)4-6-2-1-3-11-5-6;;;;1-4(2)3/h1-3H,4-6H2,(H,20,24,26)(H,21,25,27)(H,28,29,30);1-5H,(H,17,18)(H2,13,14,15,16,19);2-5H,(H,17,18,19)(H2,12,13,14,15,16);1-5H,(H2,12,13,14,15,16);;;;/q;;-1;;3*+1;/p-2/b16-10-,17-11-;;;;;;;. The summed E-state index contributed by atoms with van der Waals surface area (Å²) in [7, 11) is -12.7. The molecule has 5 aliphatic heterocycles. The number of rotatable bonds is 6. The van der Waals surface area contributed by atoms with Gasteiger partial charge in [-0.3, -0.25) is 113 Å². The van der Waals surface area contributed by atoms with Gasteiger partial charge in [0.1, 0.15) is 21.3 Å². The van der Waals surface area contributed by atoms with Crippen molar-refractivity contribution in [1.82, 2.24) is 47.5 Å². The monoisotopic (exact) mass is 1360 g/mol. The van der Waals surface area contributed by atoms with Gasteiger partial charge >= 0.3 is 123 Å². The van der Waals surface area contributed by atoms with Crippen molar-refractivity contribution in [2.45, 2.75) is 29.1 Å². The number of piperidine rings is 2. The molecule has 9 N–H and O–H groups in total. The van der Waals surface area contributed by atoms with E-state index in [0.29, 0.717) is 11.1 Å². The number of carbonyl (C=O) groups is 16. The van der Waals surface area contributed by atoms with Gasteiger partial charge in [0.15, 0.2) is 11.6 Å². The van der Waals surface area contributed by atoms with E-state index in [2.05, 4.69) is 11.1 Å². The van der Waals surface area contributed by atoms with Crippen molar-refractivity contribution in [1.29, 1.82) is 0 Å². The predicted molar refractivity (Wildman–Crippen MR) is 288 cm³/mol. The molecule has 0 unspecified atom stereocenters. The maximum atomic E-state index is 12.4. The molecule has 4 aromatic rings. The van der Waals surface area contributed by atoms with Crippen LogP contribution >= 0.6 is 0 Å². The number of hydrogen-bond acceptors (Lipinski definition) is 26. The fourth-order valence-corrected chi connectivity index (χ4v) is 8.99. The van der Waals surface area contributed by atoms with Crippen molar-refractivity contribution in [2.75, 3.05) is 0 Å². The molecule has 0 bridgehead atoms. The fourth-order valence-electron chi connectivity index (χ4n) is 8.00. The number of amides is 16. The van der Waals surface area contributed by atoms with E-state index < -0.39 is 159 Å². The molecule has 0 saturated carbocycles. The molecule has 6 heterocycles. The van der Waals surface area contributed by atoms with E-state index in [4.69, 9.17) is 17.7 Å². The predicted octanol–water partition coefficient (Wildman–Crippen LogP) is -12.2. The molecule has 0 atom stereocenters. The summed E-state index contributed by atoms with van der Waals surface area (Å²) in [6, 6.07) is 15.1. The van der Waals surface area contributed by atoms with Gasteiger partial charge in [-0.25, -0.2) is 27.6 Å². The molecular formula is C52H32N9Na3O26S3. The Bertz CT molecular complexity index is 4400. The largest absolute Gasteiger partial charge is 1.00 e. The molecule has 0 spiro atoms. The third-order valence-corrected chi connectivity index (χ3v) is 13.4. The van der Waals surface area contributed by atoms with Gasteiger partial charge in [0.25, 0.3) is 47.3 Å². The van der Waals surface area contributed by atoms with E-state index in [1.54, 1.807) is 18.3 Å². The van der Waals surface area contributed by atoms with Crippen LogP contribution in [0.1, 0.15) is 57.4 Å². The van der Waals surface area contributed by atoms with Crippen molar-refractivity contribution in [3.05, 3.63) is 153 Å². The van der Waals surface area contributed by atoms with E-state index in [-0.39, 0.29) is 145 Å². The molecule has 1 aliphatic carbocycles. The normalized spacial score (nSPS) is 17.4. The molecule has 10 rings (SSSR count). The Kier molecular flexibility index (Phi) is 28.1. The Morgan fingerprint density at radius 3 is 1.26 bits per heavy atom. The average Bonchev–Trinajstić information content (AvgIpc) is 1.61. The Morgan fingerprint density at radius 1 is 0.484 bits per heavy atom. The second kappa shape index (κ2) is 33.4. The number of carboxylic acid groups (broad SMARTS) is 1. The molecule has 41 heteroatoms. The van der Waals surface area contributed by atoms with Crippen LogP contribution in [-0.2, 0) is 88.4 Å². The van der Waals surface area contributed by atoms with Crippen LogP contribution < -0.4 is 131 Å². The van der Waals surface area contributed by atoms with Gasteiger partial charge in [-0.15, -0.1) is 24.3 Å². The first kappa shape index (κ1) is 78.1. The number of aromatic nitrogens is 1. The van der Waals surface area contributed by atoms with Crippen LogP contribution in [0.5, 0.6) is 0 Å². The molecule has 5 saturated heterocycles.